The number of hydrogen-bond donors (Lipinski definition) is 4. The summed E-state index contributed by atoms with van der Waals surface area (Å²) >= 11 is 0. The Morgan fingerprint density at radius 3 is 2.13 bits per heavy atom. The van der Waals surface area contributed by atoms with Crippen LogP contribution in [0, 0.1) is 5.41 Å². The average Bonchev–Trinajstić information content (AvgIpc) is 3.14. The monoisotopic (exact) mass is 407 g/mol. The van der Waals surface area contributed by atoms with Crippen molar-refractivity contribution >= 4 is 27.6 Å². The number of benzene rings is 4. The van der Waals surface area contributed by atoms with E-state index in [1.165, 1.54) is 27.6 Å². The fourth-order valence-electron chi connectivity index (χ4n) is 4.05. The maximum Gasteiger partial charge on any atom is 0.122 e. The average molecular weight is 408 g/mol. The quantitative estimate of drug-likeness (QED) is 0.151. The molecule has 0 atom stereocenters. The summed E-state index contributed by atoms with van der Waals surface area (Å²) in [4.78, 5) is 0. The second-order valence-corrected chi connectivity index (χ2v) is 7.32. The van der Waals surface area contributed by atoms with Gasteiger partial charge in [0.05, 0.1) is 0 Å². The Hall–Kier alpha value is -3.93. The van der Waals surface area contributed by atoms with Crippen molar-refractivity contribution in [3.8, 4) is 11.1 Å². The van der Waals surface area contributed by atoms with E-state index >= 15 is 0 Å². The first kappa shape index (κ1) is 20.3. The first-order chi connectivity index (χ1) is 15.2. The molecule has 0 radical (unpaired) electrons. The number of nitrogen functional groups attached to an aromatic ring is 1. The number of nitrogens with one attached hydrogen (secondary N) is 1. The van der Waals surface area contributed by atoms with Gasteiger partial charge in [-0.15, -0.1) is 0 Å². The fraction of sp³-hybridized carbons (Fsp3) is 0.0385. The largest absolute Gasteiger partial charge is 0.384 e. The van der Waals surface area contributed by atoms with Crippen molar-refractivity contribution in [3.63, 3.8) is 0 Å². The number of rotatable bonds is 4. The van der Waals surface area contributed by atoms with Crippen LogP contribution in [0.25, 0.3) is 32.9 Å². The molecule has 0 aliphatic rings. The number of nitrogens with zero attached hydrogens (tertiary/aromatic N) is 1. The third kappa shape index (κ3) is 3.92. The predicted octanol–water partition coefficient (Wildman–Crippen LogP) is 4.61. The second-order valence-electron chi connectivity index (χ2n) is 7.32. The van der Waals surface area contributed by atoms with Gasteiger partial charge in [-0.25, -0.2) is 0 Å². The van der Waals surface area contributed by atoms with Gasteiger partial charge in [-0.3, -0.25) is 17.1 Å². The zero-order valence-electron chi connectivity index (χ0n) is 17.1. The van der Waals surface area contributed by atoms with Crippen LogP contribution in [-0.2, 0) is 6.54 Å². The van der Waals surface area contributed by atoms with Crippen LogP contribution in [0.3, 0.4) is 0 Å². The lowest BCUT2D eigenvalue weighted by Gasteiger charge is -2.10. The third-order valence-electron chi connectivity index (χ3n) is 5.46. The summed E-state index contributed by atoms with van der Waals surface area (Å²) in [5, 5.41) is 10.1. The van der Waals surface area contributed by atoms with Crippen molar-refractivity contribution in [2.45, 2.75) is 6.54 Å². The van der Waals surface area contributed by atoms with Gasteiger partial charge in [0, 0.05) is 33.9 Å². The van der Waals surface area contributed by atoms with Crippen molar-refractivity contribution in [1.82, 2.24) is 4.57 Å². The molecule has 0 spiro atoms. The fourth-order valence-corrected chi connectivity index (χ4v) is 4.05. The molecule has 5 heteroatoms. The number of hydrogen-bond acceptors (Lipinski definition) is 3. The van der Waals surface area contributed by atoms with Gasteiger partial charge in [0.2, 0.25) is 0 Å². The van der Waals surface area contributed by atoms with Crippen LogP contribution in [-0.4, -0.2) is 10.4 Å². The Morgan fingerprint density at radius 1 is 0.677 bits per heavy atom. The van der Waals surface area contributed by atoms with Gasteiger partial charge in [-0.2, -0.15) is 0 Å². The van der Waals surface area contributed by atoms with Crippen molar-refractivity contribution in [2.75, 3.05) is 0 Å². The first-order valence-corrected chi connectivity index (χ1v) is 10.0. The third-order valence-corrected chi connectivity index (χ3v) is 5.46. The molecule has 5 rings (SSSR count). The van der Waals surface area contributed by atoms with Gasteiger partial charge in [-0.05, 0) is 47.0 Å². The number of amidine groups is 1. The smallest absolute Gasteiger partial charge is 0.122 e. The highest BCUT2D eigenvalue weighted by Gasteiger charge is 2.12. The lowest BCUT2D eigenvalue weighted by molar-refractivity contribution is 0.869. The molecule has 0 saturated heterocycles. The number of nitrogens with two attached hydrogens (primary N) is 3. The van der Waals surface area contributed by atoms with Gasteiger partial charge in [0.25, 0.3) is 0 Å². The summed E-state index contributed by atoms with van der Waals surface area (Å²) in [5.74, 6) is 8.10. The van der Waals surface area contributed by atoms with Gasteiger partial charge in [0.1, 0.15) is 5.84 Å². The predicted molar refractivity (Wildman–Crippen MR) is 130 cm³/mol. The molecular weight excluding hydrogens is 382 g/mol. The lowest BCUT2D eigenvalue weighted by Crippen LogP contribution is -2.10. The lowest BCUT2D eigenvalue weighted by atomic mass is 10.0. The molecular formula is C26H25N5. The minimum Gasteiger partial charge on any atom is -0.384 e. The van der Waals surface area contributed by atoms with E-state index in [2.05, 4.69) is 95.1 Å². The number of aromatic nitrogens is 1. The minimum atomic E-state index is 0.0966. The van der Waals surface area contributed by atoms with E-state index < -0.39 is 0 Å². The molecule has 0 fully saturated rings. The zero-order valence-corrected chi connectivity index (χ0v) is 17.1. The molecule has 0 aliphatic carbocycles. The van der Waals surface area contributed by atoms with E-state index in [1.807, 2.05) is 18.2 Å². The van der Waals surface area contributed by atoms with Gasteiger partial charge in [-0.1, -0.05) is 66.7 Å². The highest BCUT2D eigenvalue weighted by atomic mass is 15.0. The highest BCUT2D eigenvalue weighted by molar-refractivity contribution is 6.10. The van der Waals surface area contributed by atoms with Crippen LogP contribution in [0.2, 0.25) is 0 Å². The minimum absolute atomic E-state index is 0.0966. The molecule has 1 aromatic heterocycles. The molecule has 4 aromatic carbocycles. The molecule has 31 heavy (non-hydrogen) atoms. The molecule has 0 bridgehead atoms. The topological polar surface area (TPSA) is 107 Å². The van der Waals surface area contributed by atoms with Crippen molar-refractivity contribution in [3.05, 3.63) is 108 Å². The van der Waals surface area contributed by atoms with Crippen molar-refractivity contribution in [2.24, 2.45) is 17.4 Å². The van der Waals surface area contributed by atoms with E-state index in [9.17, 15) is 0 Å². The normalized spacial score (nSPS) is 10.6. The molecule has 0 saturated carbocycles. The van der Waals surface area contributed by atoms with Crippen LogP contribution < -0.4 is 17.4 Å². The Balaban J connectivity index is 0.00000112. The first-order valence-electron chi connectivity index (χ1n) is 10.0. The van der Waals surface area contributed by atoms with E-state index in [1.54, 1.807) is 0 Å². The van der Waals surface area contributed by atoms with Crippen LogP contribution in [0.15, 0.2) is 97.1 Å². The summed E-state index contributed by atoms with van der Waals surface area (Å²) < 4.78 is 2.35. The SMILES string of the molecule is N=C(N)c1ccc2c(c1)c1ccccc1n2Cc1cccc(-c2ccccc2)c1.NN. The maximum absolute atomic E-state index is 7.78. The number of fused-ring (bicyclic) bond motifs is 3. The second kappa shape index (κ2) is 8.83. The van der Waals surface area contributed by atoms with E-state index in [0.717, 1.165) is 23.0 Å². The summed E-state index contributed by atoms with van der Waals surface area (Å²) in [6.07, 6.45) is 0. The Labute approximate surface area is 181 Å². The van der Waals surface area contributed by atoms with E-state index in [-0.39, 0.29) is 5.84 Å². The molecule has 1 heterocycles. The summed E-state index contributed by atoms with van der Waals surface area (Å²) in [6, 6.07) is 33.6. The van der Waals surface area contributed by atoms with E-state index in [4.69, 9.17) is 11.1 Å². The van der Waals surface area contributed by atoms with Gasteiger partial charge < -0.3 is 10.3 Å². The molecule has 154 valence electrons. The molecule has 0 aliphatic heterocycles. The van der Waals surface area contributed by atoms with Gasteiger partial charge >= 0.3 is 0 Å². The highest BCUT2D eigenvalue weighted by Crippen LogP contribution is 2.31. The molecule has 7 N–H and O–H groups in total. The van der Waals surface area contributed by atoms with E-state index in [0.29, 0.717) is 0 Å². The number of para-hydroxylation sites is 1. The summed E-state index contributed by atoms with van der Waals surface area (Å²) in [5.41, 5.74) is 12.5. The van der Waals surface area contributed by atoms with Gasteiger partial charge in [0.15, 0.2) is 0 Å². The zero-order chi connectivity index (χ0) is 21.8. The summed E-state index contributed by atoms with van der Waals surface area (Å²) in [7, 11) is 0. The van der Waals surface area contributed by atoms with Crippen LogP contribution in [0.4, 0.5) is 0 Å². The van der Waals surface area contributed by atoms with Crippen LogP contribution >= 0.6 is 0 Å². The molecule has 5 aromatic rings. The maximum atomic E-state index is 7.78. The van der Waals surface area contributed by atoms with Crippen molar-refractivity contribution in [1.29, 1.82) is 5.41 Å². The Kier molecular flexibility index (Phi) is 5.80. The molecule has 0 amide bonds. The Morgan fingerprint density at radius 2 is 1.35 bits per heavy atom. The molecule has 5 nitrogen and oxygen atoms in total. The Bertz CT molecular complexity index is 1350. The number of hydrazine groups is 1. The standard InChI is InChI=1S/C26H21N3.H4N2/c27-26(28)21-13-14-25-23(16-21)22-11-4-5-12-24(22)29(25)17-18-7-6-10-20(15-18)19-8-2-1-3-9-19;1-2/h1-16H,17H2,(H3,27,28);1-2H2. The summed E-state index contributed by atoms with van der Waals surface area (Å²) in [6.45, 7) is 0.782. The van der Waals surface area contributed by atoms with Crippen LogP contribution in [0.1, 0.15) is 11.1 Å². The van der Waals surface area contributed by atoms with Crippen LogP contribution in [0.5, 0.6) is 0 Å². The molecule has 0 unspecified atom stereocenters. The van der Waals surface area contributed by atoms with Crippen molar-refractivity contribution < 1.29 is 0 Å².